The fourth-order valence-electron chi connectivity index (χ4n) is 6.06. The first-order chi connectivity index (χ1) is 17.1. The van der Waals surface area contributed by atoms with Gasteiger partial charge in [-0.2, -0.15) is 0 Å². The number of hydrogen-bond acceptors (Lipinski definition) is 6. The molecule has 2 N–H and O–H groups in total. The van der Waals surface area contributed by atoms with E-state index in [0.29, 0.717) is 0 Å². The van der Waals surface area contributed by atoms with E-state index in [2.05, 4.69) is 10.3 Å². The number of nitrogens with zero attached hydrogens (tertiary/aromatic N) is 2. The van der Waals surface area contributed by atoms with Crippen LogP contribution in [0.1, 0.15) is 31.9 Å². The molecule has 0 radical (unpaired) electrons. The van der Waals surface area contributed by atoms with Crippen molar-refractivity contribution in [2.24, 2.45) is 0 Å². The number of anilines is 1. The lowest BCUT2D eigenvalue weighted by Crippen LogP contribution is -2.61. The number of amides is 2. The summed E-state index contributed by atoms with van der Waals surface area (Å²) in [5.74, 6) is -0.497. The number of piperazine rings is 1. The minimum Gasteiger partial charge on any atom is -0.429 e. The molecule has 9 nitrogen and oxygen atoms in total. The van der Waals surface area contributed by atoms with Crippen LogP contribution in [0.5, 0.6) is 0 Å². The molecule has 36 heavy (non-hydrogen) atoms. The van der Waals surface area contributed by atoms with Crippen molar-refractivity contribution in [2.45, 2.75) is 50.1 Å². The van der Waals surface area contributed by atoms with Gasteiger partial charge in [0.25, 0.3) is 0 Å². The lowest BCUT2D eigenvalue weighted by atomic mass is 9.70. The molecular formula is C27H28N4O5. The topological polar surface area (TPSA) is 104 Å². The smallest absolute Gasteiger partial charge is 0.429 e. The van der Waals surface area contributed by atoms with Gasteiger partial charge in [-0.05, 0) is 44.0 Å². The highest BCUT2D eigenvalue weighted by Crippen LogP contribution is 2.57. The Balaban J connectivity index is 1.63. The van der Waals surface area contributed by atoms with Gasteiger partial charge in [0.05, 0.1) is 6.54 Å². The minimum absolute atomic E-state index is 0.0486. The van der Waals surface area contributed by atoms with E-state index in [1.165, 1.54) is 4.90 Å². The third kappa shape index (κ3) is 2.98. The Kier molecular flexibility index (Phi) is 4.67. The van der Waals surface area contributed by atoms with Gasteiger partial charge in [0.15, 0.2) is 12.1 Å². The zero-order chi connectivity index (χ0) is 25.4. The summed E-state index contributed by atoms with van der Waals surface area (Å²) in [6.45, 7) is 5.21. The van der Waals surface area contributed by atoms with Crippen molar-refractivity contribution < 1.29 is 23.9 Å². The third-order valence-corrected chi connectivity index (χ3v) is 7.35. The van der Waals surface area contributed by atoms with Crippen LogP contribution in [-0.2, 0) is 24.5 Å². The summed E-state index contributed by atoms with van der Waals surface area (Å²) >= 11 is 0. The number of carbonyl (C=O) groups excluding carboxylic acids is 3. The zero-order valence-corrected chi connectivity index (χ0v) is 20.6. The molecule has 4 atom stereocenters. The monoisotopic (exact) mass is 488 g/mol. The standard InChI is InChI=1S/C27H28N4O5/c1-26(2,3)36-25(34)35-22-21-23(33)30(4)14-20(32)31(21)24-27(22,16-10-6-8-12-19(16)29-24)17-13-28-18-11-7-5-9-15(17)18/h5-13,21-22,24,28-29H,14H2,1-4H3/t21-,22+,24+,27+/m0/s1. The summed E-state index contributed by atoms with van der Waals surface area (Å²) in [4.78, 5) is 46.5. The van der Waals surface area contributed by atoms with Crippen LogP contribution in [0.2, 0.25) is 0 Å². The van der Waals surface area contributed by atoms with Gasteiger partial charge in [-0.15, -0.1) is 0 Å². The Morgan fingerprint density at radius 3 is 2.56 bits per heavy atom. The fourth-order valence-corrected chi connectivity index (χ4v) is 6.06. The molecule has 6 rings (SSSR count). The number of H-pyrrole nitrogens is 1. The zero-order valence-electron chi connectivity index (χ0n) is 20.6. The van der Waals surface area contributed by atoms with Gasteiger partial charge < -0.3 is 29.6 Å². The lowest BCUT2D eigenvalue weighted by molar-refractivity contribution is -0.156. The fraction of sp³-hybridized carbons (Fsp3) is 0.370. The second-order valence-electron chi connectivity index (χ2n) is 10.7. The molecule has 2 aromatic carbocycles. The summed E-state index contributed by atoms with van der Waals surface area (Å²) in [6, 6.07) is 14.6. The van der Waals surface area contributed by atoms with Crippen molar-refractivity contribution in [1.82, 2.24) is 14.8 Å². The van der Waals surface area contributed by atoms with Crippen molar-refractivity contribution in [3.05, 3.63) is 65.9 Å². The molecule has 186 valence electrons. The van der Waals surface area contributed by atoms with Gasteiger partial charge in [0.1, 0.15) is 17.2 Å². The van der Waals surface area contributed by atoms with Crippen molar-refractivity contribution >= 4 is 34.6 Å². The number of rotatable bonds is 2. The predicted octanol–water partition coefficient (Wildman–Crippen LogP) is 3.21. The van der Waals surface area contributed by atoms with Crippen LogP contribution in [0.15, 0.2) is 54.7 Å². The highest BCUT2D eigenvalue weighted by atomic mass is 16.7. The van der Waals surface area contributed by atoms with E-state index in [-0.39, 0.29) is 18.4 Å². The largest absolute Gasteiger partial charge is 0.509 e. The molecule has 3 aromatic rings. The molecule has 3 aliphatic heterocycles. The number of aromatic nitrogens is 1. The Morgan fingerprint density at radius 2 is 1.78 bits per heavy atom. The van der Waals surface area contributed by atoms with Crippen LogP contribution in [0.4, 0.5) is 10.5 Å². The highest BCUT2D eigenvalue weighted by molar-refractivity contribution is 5.99. The third-order valence-electron chi connectivity index (χ3n) is 7.35. The molecule has 2 amide bonds. The average molecular weight is 489 g/mol. The van der Waals surface area contributed by atoms with E-state index in [4.69, 9.17) is 9.47 Å². The van der Waals surface area contributed by atoms with E-state index in [1.54, 1.807) is 32.7 Å². The number of para-hydroxylation sites is 2. The van der Waals surface area contributed by atoms with E-state index in [9.17, 15) is 14.4 Å². The maximum Gasteiger partial charge on any atom is 0.509 e. The second-order valence-corrected chi connectivity index (χ2v) is 10.7. The minimum atomic E-state index is -1.06. The van der Waals surface area contributed by atoms with Crippen molar-refractivity contribution in [3.8, 4) is 0 Å². The van der Waals surface area contributed by atoms with Crippen molar-refractivity contribution in [1.29, 1.82) is 0 Å². The van der Waals surface area contributed by atoms with Crippen LogP contribution < -0.4 is 5.32 Å². The molecule has 0 aliphatic carbocycles. The lowest BCUT2D eigenvalue weighted by Gasteiger charge is -2.38. The molecule has 0 bridgehead atoms. The van der Waals surface area contributed by atoms with Crippen LogP contribution in [0.3, 0.4) is 0 Å². The molecular weight excluding hydrogens is 460 g/mol. The van der Waals surface area contributed by atoms with Gasteiger partial charge in [-0.1, -0.05) is 36.4 Å². The number of likely N-dealkylation sites (N-methyl/N-ethyl adjacent to an activating group) is 1. The number of nitrogens with one attached hydrogen (secondary N) is 2. The van der Waals surface area contributed by atoms with Crippen LogP contribution in [0.25, 0.3) is 10.9 Å². The van der Waals surface area contributed by atoms with E-state index < -0.39 is 35.5 Å². The number of hydrogen-bond donors (Lipinski definition) is 2. The molecule has 2 fully saturated rings. The molecule has 1 aromatic heterocycles. The van der Waals surface area contributed by atoms with Crippen LogP contribution in [0, 0.1) is 0 Å². The van der Waals surface area contributed by atoms with Gasteiger partial charge in [0, 0.05) is 29.8 Å². The Bertz CT molecular complexity index is 1410. The van der Waals surface area contributed by atoms with E-state index in [0.717, 1.165) is 27.7 Å². The van der Waals surface area contributed by atoms with Crippen molar-refractivity contribution in [2.75, 3.05) is 18.9 Å². The molecule has 9 heteroatoms. The number of benzene rings is 2. The Morgan fingerprint density at radius 1 is 1.06 bits per heavy atom. The first-order valence-electron chi connectivity index (χ1n) is 12.0. The quantitative estimate of drug-likeness (QED) is 0.537. The van der Waals surface area contributed by atoms with Gasteiger partial charge in [-0.3, -0.25) is 9.59 Å². The number of carbonyl (C=O) groups is 3. The number of fused-ring (bicyclic) bond motifs is 6. The summed E-state index contributed by atoms with van der Waals surface area (Å²) < 4.78 is 11.7. The van der Waals surface area contributed by atoms with Gasteiger partial charge in [0.2, 0.25) is 11.8 Å². The summed E-state index contributed by atoms with van der Waals surface area (Å²) in [6.07, 6.45) is -0.668. The highest BCUT2D eigenvalue weighted by Gasteiger charge is 2.71. The van der Waals surface area contributed by atoms with Crippen LogP contribution in [-0.4, -0.2) is 70.3 Å². The van der Waals surface area contributed by atoms with Crippen LogP contribution >= 0.6 is 0 Å². The second kappa shape index (κ2) is 7.49. The van der Waals surface area contributed by atoms with Gasteiger partial charge in [-0.25, -0.2) is 4.79 Å². The summed E-state index contributed by atoms with van der Waals surface area (Å²) in [5, 5.41) is 4.42. The van der Waals surface area contributed by atoms with E-state index in [1.807, 2.05) is 54.7 Å². The molecule has 0 saturated carbocycles. The number of ether oxygens (including phenoxy) is 2. The molecule has 0 unspecified atom stereocenters. The Hall–Kier alpha value is -4.01. The number of aromatic amines is 1. The SMILES string of the molecule is CN1CC(=O)N2[C@H](C1=O)[C@@H](OC(=O)OC(C)(C)C)[C@]1(c3c[nH]c4ccccc34)c3ccccc3N[C@H]21. The summed E-state index contributed by atoms with van der Waals surface area (Å²) in [7, 11) is 1.59. The predicted molar refractivity (Wildman–Crippen MR) is 132 cm³/mol. The van der Waals surface area contributed by atoms with E-state index >= 15 is 0 Å². The first kappa shape index (κ1) is 22.5. The maximum atomic E-state index is 13.6. The molecule has 4 heterocycles. The van der Waals surface area contributed by atoms with Crippen molar-refractivity contribution in [3.63, 3.8) is 0 Å². The average Bonchev–Trinajstić information content (AvgIpc) is 3.45. The molecule has 2 saturated heterocycles. The first-order valence-corrected chi connectivity index (χ1v) is 12.0. The molecule has 0 spiro atoms. The Labute approximate surface area is 208 Å². The maximum absolute atomic E-state index is 13.6. The summed E-state index contributed by atoms with van der Waals surface area (Å²) in [5.41, 5.74) is 1.56. The molecule has 3 aliphatic rings. The van der Waals surface area contributed by atoms with Gasteiger partial charge >= 0.3 is 6.16 Å². The normalized spacial score (nSPS) is 26.9.